The van der Waals surface area contributed by atoms with E-state index in [0.29, 0.717) is 12.1 Å². The smallest absolute Gasteiger partial charge is 0.0514 e. The first-order chi connectivity index (χ1) is 8.11. The fraction of sp³-hybridized carbons (Fsp3) is 0.538. The second kappa shape index (κ2) is 5.59. The Bertz CT molecular complexity index is 397. The highest BCUT2D eigenvalue weighted by atomic mass is 79.9. The van der Waals surface area contributed by atoms with E-state index in [9.17, 15) is 0 Å². The summed E-state index contributed by atoms with van der Waals surface area (Å²) >= 11 is 9.58. The van der Waals surface area contributed by atoms with Gasteiger partial charge in [-0.2, -0.15) is 0 Å². The maximum absolute atomic E-state index is 5.98. The zero-order valence-corrected chi connectivity index (χ0v) is 12.6. The van der Waals surface area contributed by atoms with E-state index in [2.05, 4.69) is 39.1 Å². The number of piperidine rings is 1. The van der Waals surface area contributed by atoms with E-state index in [1.54, 1.807) is 0 Å². The van der Waals surface area contributed by atoms with Gasteiger partial charge in [0.15, 0.2) is 0 Å². The number of nitrogens with one attached hydrogen (secondary N) is 1. The number of rotatable bonds is 2. The Hall–Kier alpha value is -0.250. The first-order valence-electron chi connectivity index (χ1n) is 6.00. The number of nitrogens with zero attached hydrogens (tertiary/aromatic N) is 1. The summed E-state index contributed by atoms with van der Waals surface area (Å²) in [5.74, 6) is 0. The van der Waals surface area contributed by atoms with Crippen molar-refractivity contribution in [1.82, 2.24) is 5.32 Å². The maximum atomic E-state index is 5.98. The van der Waals surface area contributed by atoms with Crippen LogP contribution in [0.3, 0.4) is 0 Å². The van der Waals surface area contributed by atoms with Gasteiger partial charge < -0.3 is 10.2 Å². The SMILES string of the molecule is CNC1CCN(c2ccc(Cl)cc2Br)C(C)C1. The summed E-state index contributed by atoms with van der Waals surface area (Å²) in [6.45, 7) is 3.37. The molecule has 1 aliphatic heterocycles. The molecule has 0 aliphatic carbocycles. The minimum absolute atomic E-state index is 0.554. The molecule has 94 valence electrons. The van der Waals surface area contributed by atoms with Gasteiger partial charge in [-0.25, -0.2) is 0 Å². The summed E-state index contributed by atoms with van der Waals surface area (Å²) < 4.78 is 1.08. The predicted molar refractivity (Wildman–Crippen MR) is 78.0 cm³/mol. The van der Waals surface area contributed by atoms with E-state index in [1.807, 2.05) is 19.2 Å². The third kappa shape index (κ3) is 2.95. The molecule has 2 rings (SSSR count). The standard InChI is InChI=1S/C13H18BrClN2/c1-9-7-11(16-2)5-6-17(9)13-4-3-10(15)8-12(13)14/h3-4,8-9,11,16H,5-7H2,1-2H3. The number of hydrogen-bond donors (Lipinski definition) is 1. The van der Waals surface area contributed by atoms with E-state index in [0.717, 1.165) is 16.0 Å². The van der Waals surface area contributed by atoms with Crippen LogP contribution in [0.15, 0.2) is 22.7 Å². The Morgan fingerprint density at radius 3 is 2.82 bits per heavy atom. The van der Waals surface area contributed by atoms with Crippen LogP contribution in [0.1, 0.15) is 19.8 Å². The molecule has 1 aromatic carbocycles. The van der Waals surface area contributed by atoms with Gasteiger partial charge in [0.2, 0.25) is 0 Å². The van der Waals surface area contributed by atoms with Crippen LogP contribution in [0.2, 0.25) is 5.02 Å². The minimum Gasteiger partial charge on any atom is -0.368 e. The number of anilines is 1. The van der Waals surface area contributed by atoms with Gasteiger partial charge in [-0.15, -0.1) is 0 Å². The lowest BCUT2D eigenvalue weighted by molar-refractivity contribution is 0.387. The molecule has 2 atom stereocenters. The Kier molecular flexibility index (Phi) is 4.34. The zero-order valence-electron chi connectivity index (χ0n) is 10.2. The van der Waals surface area contributed by atoms with Crippen LogP contribution in [-0.4, -0.2) is 25.7 Å². The van der Waals surface area contributed by atoms with Crippen molar-refractivity contribution in [3.05, 3.63) is 27.7 Å². The summed E-state index contributed by atoms with van der Waals surface area (Å²) in [5, 5.41) is 4.15. The van der Waals surface area contributed by atoms with E-state index in [1.165, 1.54) is 18.5 Å². The molecule has 1 aromatic rings. The van der Waals surface area contributed by atoms with Crippen LogP contribution in [0.25, 0.3) is 0 Å². The molecule has 0 amide bonds. The maximum Gasteiger partial charge on any atom is 0.0514 e. The fourth-order valence-corrected chi connectivity index (χ4v) is 3.42. The molecule has 0 saturated carbocycles. The third-order valence-electron chi connectivity index (χ3n) is 3.50. The largest absolute Gasteiger partial charge is 0.368 e. The Morgan fingerprint density at radius 2 is 2.24 bits per heavy atom. The topological polar surface area (TPSA) is 15.3 Å². The molecule has 1 fully saturated rings. The lowest BCUT2D eigenvalue weighted by atomic mass is 9.98. The van der Waals surface area contributed by atoms with Crippen LogP contribution in [-0.2, 0) is 0 Å². The first kappa shape index (κ1) is 13.2. The quantitative estimate of drug-likeness (QED) is 0.895. The summed E-state index contributed by atoms with van der Waals surface area (Å²) in [6.07, 6.45) is 2.38. The van der Waals surface area contributed by atoms with E-state index < -0.39 is 0 Å². The van der Waals surface area contributed by atoms with Gasteiger partial charge in [0.1, 0.15) is 0 Å². The Morgan fingerprint density at radius 1 is 1.47 bits per heavy atom. The van der Waals surface area contributed by atoms with Crippen molar-refractivity contribution in [3.8, 4) is 0 Å². The van der Waals surface area contributed by atoms with Crippen molar-refractivity contribution in [1.29, 1.82) is 0 Å². The second-order valence-corrected chi connectivity index (χ2v) is 5.94. The van der Waals surface area contributed by atoms with Crippen LogP contribution in [0.5, 0.6) is 0 Å². The van der Waals surface area contributed by atoms with Gasteiger partial charge in [-0.3, -0.25) is 0 Å². The number of benzene rings is 1. The number of hydrogen-bond acceptors (Lipinski definition) is 2. The van der Waals surface area contributed by atoms with Crippen LogP contribution in [0.4, 0.5) is 5.69 Å². The summed E-state index contributed by atoms with van der Waals surface area (Å²) in [4.78, 5) is 2.45. The van der Waals surface area contributed by atoms with E-state index in [4.69, 9.17) is 11.6 Å². The van der Waals surface area contributed by atoms with Gasteiger partial charge >= 0.3 is 0 Å². The molecule has 1 saturated heterocycles. The lowest BCUT2D eigenvalue weighted by Crippen LogP contribution is -2.46. The van der Waals surface area contributed by atoms with E-state index in [-0.39, 0.29) is 0 Å². The molecule has 1 aliphatic rings. The lowest BCUT2D eigenvalue weighted by Gasteiger charge is -2.39. The average Bonchev–Trinajstić information content (AvgIpc) is 2.30. The van der Waals surface area contributed by atoms with Crippen LogP contribution in [0, 0.1) is 0 Å². The fourth-order valence-electron chi connectivity index (χ4n) is 2.51. The minimum atomic E-state index is 0.554. The molecule has 1 N–H and O–H groups in total. The molecule has 0 radical (unpaired) electrons. The highest BCUT2D eigenvalue weighted by Crippen LogP contribution is 2.33. The first-order valence-corrected chi connectivity index (χ1v) is 7.18. The van der Waals surface area contributed by atoms with Gasteiger partial charge in [0.25, 0.3) is 0 Å². The average molecular weight is 318 g/mol. The van der Waals surface area contributed by atoms with Crippen molar-refractivity contribution in [2.24, 2.45) is 0 Å². The molecular formula is C13H18BrClN2. The van der Waals surface area contributed by atoms with E-state index >= 15 is 0 Å². The summed E-state index contributed by atoms with van der Waals surface area (Å²) in [5.41, 5.74) is 1.25. The molecule has 0 aromatic heterocycles. The van der Waals surface area contributed by atoms with Crippen molar-refractivity contribution >= 4 is 33.2 Å². The molecule has 1 heterocycles. The van der Waals surface area contributed by atoms with Crippen LogP contribution < -0.4 is 10.2 Å². The molecule has 0 bridgehead atoms. The van der Waals surface area contributed by atoms with Crippen molar-refractivity contribution < 1.29 is 0 Å². The monoisotopic (exact) mass is 316 g/mol. The molecule has 17 heavy (non-hydrogen) atoms. The Labute approximate surface area is 116 Å². The molecule has 2 nitrogen and oxygen atoms in total. The van der Waals surface area contributed by atoms with Gasteiger partial charge in [0.05, 0.1) is 5.69 Å². The number of halogens is 2. The molecular weight excluding hydrogens is 300 g/mol. The second-order valence-electron chi connectivity index (χ2n) is 4.65. The highest BCUT2D eigenvalue weighted by Gasteiger charge is 2.25. The van der Waals surface area contributed by atoms with Gasteiger partial charge in [-0.1, -0.05) is 11.6 Å². The highest BCUT2D eigenvalue weighted by molar-refractivity contribution is 9.10. The van der Waals surface area contributed by atoms with Crippen molar-refractivity contribution in [2.45, 2.75) is 31.8 Å². The zero-order chi connectivity index (χ0) is 12.4. The van der Waals surface area contributed by atoms with Crippen LogP contribution >= 0.6 is 27.5 Å². The third-order valence-corrected chi connectivity index (χ3v) is 4.37. The molecule has 0 spiro atoms. The normalized spacial score (nSPS) is 25.1. The predicted octanol–water partition coefficient (Wildman–Crippen LogP) is 3.68. The van der Waals surface area contributed by atoms with Gasteiger partial charge in [0, 0.05) is 28.1 Å². The molecule has 2 unspecified atom stereocenters. The van der Waals surface area contributed by atoms with Crippen molar-refractivity contribution in [3.63, 3.8) is 0 Å². The summed E-state index contributed by atoms with van der Waals surface area (Å²) in [6, 6.07) is 7.22. The summed E-state index contributed by atoms with van der Waals surface area (Å²) in [7, 11) is 2.05. The Balaban J connectivity index is 2.17. The van der Waals surface area contributed by atoms with Gasteiger partial charge in [-0.05, 0) is 60.9 Å². The molecule has 4 heteroatoms. The van der Waals surface area contributed by atoms with Crippen molar-refractivity contribution in [2.75, 3.05) is 18.5 Å².